The minimum atomic E-state index is -1.32. The summed E-state index contributed by atoms with van der Waals surface area (Å²) in [4.78, 5) is 28.0. The first-order valence-electron chi connectivity index (χ1n) is 9.75. The van der Waals surface area contributed by atoms with E-state index < -0.39 is 17.2 Å². The number of benzene rings is 2. The van der Waals surface area contributed by atoms with E-state index in [1.807, 2.05) is 36.1 Å². The van der Waals surface area contributed by atoms with E-state index in [-0.39, 0.29) is 10.9 Å². The second-order valence-corrected chi connectivity index (χ2v) is 7.62. The fourth-order valence-electron chi connectivity index (χ4n) is 3.95. The van der Waals surface area contributed by atoms with Gasteiger partial charge >= 0.3 is 5.97 Å². The molecule has 156 valence electrons. The van der Waals surface area contributed by atoms with Gasteiger partial charge in [-0.3, -0.25) is 4.79 Å². The number of carbonyl (C=O) groups is 1. The number of carboxylic acid groups (broad SMARTS) is 1. The van der Waals surface area contributed by atoms with E-state index in [0.29, 0.717) is 49.0 Å². The maximum Gasteiger partial charge on any atom is 0.341 e. The summed E-state index contributed by atoms with van der Waals surface area (Å²) in [6.07, 6.45) is 1.32. The monoisotopic (exact) mass is 429 g/mol. The van der Waals surface area contributed by atoms with Gasteiger partial charge in [-0.15, -0.1) is 0 Å². The third-order valence-electron chi connectivity index (χ3n) is 5.53. The number of pyridine rings is 1. The molecule has 2 aromatic carbocycles. The summed E-state index contributed by atoms with van der Waals surface area (Å²) in [5.74, 6) is -1.85. The van der Waals surface area contributed by atoms with Gasteiger partial charge in [-0.2, -0.15) is 0 Å². The molecule has 0 spiro atoms. The van der Waals surface area contributed by atoms with Crippen molar-refractivity contribution in [2.75, 3.05) is 36.0 Å². The lowest BCUT2D eigenvalue weighted by atomic mass is 10.1. The number of halogens is 2. The molecule has 4 rings (SSSR count). The molecule has 3 aromatic rings. The molecule has 1 saturated heterocycles. The number of rotatable bonds is 4. The van der Waals surface area contributed by atoms with Gasteiger partial charge in [0.15, 0.2) is 0 Å². The van der Waals surface area contributed by atoms with E-state index >= 15 is 0 Å². The Kier molecular flexibility index (Phi) is 5.39. The summed E-state index contributed by atoms with van der Waals surface area (Å²) in [5, 5.41) is 10.0. The number of nitrogens with zero attached hydrogens (tertiary/aromatic N) is 3. The molecule has 1 N–H and O–H groups in total. The Morgan fingerprint density at radius 3 is 2.33 bits per heavy atom. The molecule has 1 aliphatic rings. The number of piperazine rings is 1. The molecule has 0 amide bonds. The molecule has 2 heterocycles. The standard InChI is InChI=1S/C22H21ClFN3O3/c1-2-25-13-15(22(29)30)21(28)14-11-17(24)20(12-19(14)25)27-9-7-26(8-10-27)18-6-4-3-5-16(18)23/h3-6,11-13H,2,7-10H2,1H3,(H,29,30). The zero-order valence-corrected chi connectivity index (χ0v) is 17.2. The van der Waals surface area contributed by atoms with Gasteiger partial charge in [0.1, 0.15) is 11.4 Å². The van der Waals surface area contributed by atoms with Crippen molar-refractivity contribution in [2.24, 2.45) is 0 Å². The van der Waals surface area contributed by atoms with E-state index in [2.05, 4.69) is 4.90 Å². The summed E-state index contributed by atoms with van der Waals surface area (Å²) in [5.41, 5.74) is 0.864. The van der Waals surface area contributed by atoms with Crippen LogP contribution in [0, 0.1) is 5.82 Å². The number of aryl methyl sites for hydroxylation is 1. The molecule has 0 saturated carbocycles. The van der Waals surface area contributed by atoms with Gasteiger partial charge in [-0.25, -0.2) is 9.18 Å². The number of aromatic nitrogens is 1. The van der Waals surface area contributed by atoms with Gasteiger partial charge in [0.2, 0.25) is 5.43 Å². The third-order valence-corrected chi connectivity index (χ3v) is 5.85. The number of fused-ring (bicyclic) bond motifs is 1. The Labute approximate surface area is 177 Å². The number of anilines is 2. The molecule has 1 aromatic heterocycles. The molecule has 1 aliphatic heterocycles. The Morgan fingerprint density at radius 2 is 1.73 bits per heavy atom. The van der Waals surface area contributed by atoms with Crippen molar-refractivity contribution >= 4 is 39.8 Å². The maximum absolute atomic E-state index is 15.0. The summed E-state index contributed by atoms with van der Waals surface area (Å²) in [6.45, 7) is 4.86. The van der Waals surface area contributed by atoms with Gasteiger partial charge in [0.05, 0.1) is 21.9 Å². The first-order valence-corrected chi connectivity index (χ1v) is 10.1. The number of hydrogen-bond donors (Lipinski definition) is 1. The minimum absolute atomic E-state index is 0.0766. The van der Waals surface area contributed by atoms with Crippen LogP contribution in [0.1, 0.15) is 17.3 Å². The highest BCUT2D eigenvalue weighted by atomic mass is 35.5. The predicted octanol–water partition coefficient (Wildman–Crippen LogP) is 3.84. The van der Waals surface area contributed by atoms with Crippen molar-refractivity contribution in [1.82, 2.24) is 4.57 Å². The molecule has 6 nitrogen and oxygen atoms in total. The highest BCUT2D eigenvalue weighted by Gasteiger charge is 2.23. The number of carboxylic acids is 1. The summed E-state index contributed by atoms with van der Waals surface area (Å²) in [6, 6.07) is 10.4. The van der Waals surface area contributed by atoms with Gasteiger partial charge < -0.3 is 19.5 Å². The Hall–Kier alpha value is -3.06. The molecule has 1 fully saturated rings. The summed E-state index contributed by atoms with van der Waals surface area (Å²) < 4.78 is 16.6. The lowest BCUT2D eigenvalue weighted by molar-refractivity contribution is 0.0695. The molecule has 0 radical (unpaired) electrons. The lowest BCUT2D eigenvalue weighted by Gasteiger charge is -2.38. The van der Waals surface area contributed by atoms with E-state index in [9.17, 15) is 19.1 Å². The zero-order chi connectivity index (χ0) is 21.4. The minimum Gasteiger partial charge on any atom is -0.477 e. The van der Waals surface area contributed by atoms with E-state index in [1.54, 1.807) is 10.6 Å². The van der Waals surface area contributed by atoms with Crippen LogP contribution < -0.4 is 15.2 Å². The largest absolute Gasteiger partial charge is 0.477 e. The summed E-state index contributed by atoms with van der Waals surface area (Å²) in [7, 11) is 0. The van der Waals surface area contributed by atoms with Gasteiger partial charge in [0, 0.05) is 44.3 Å². The Bertz CT molecular complexity index is 1190. The van der Waals surface area contributed by atoms with Crippen molar-refractivity contribution in [3.05, 3.63) is 69.2 Å². The molecular formula is C22H21ClFN3O3. The van der Waals surface area contributed by atoms with E-state index in [0.717, 1.165) is 11.8 Å². The van der Waals surface area contributed by atoms with Crippen molar-refractivity contribution in [2.45, 2.75) is 13.5 Å². The van der Waals surface area contributed by atoms with Crippen molar-refractivity contribution in [3.63, 3.8) is 0 Å². The maximum atomic E-state index is 15.0. The molecule has 0 atom stereocenters. The normalized spacial score (nSPS) is 14.4. The van der Waals surface area contributed by atoms with Crippen LogP contribution in [0.3, 0.4) is 0 Å². The van der Waals surface area contributed by atoms with Crippen LogP contribution in [0.4, 0.5) is 15.8 Å². The highest BCUT2D eigenvalue weighted by Crippen LogP contribution is 2.29. The average Bonchev–Trinajstić information content (AvgIpc) is 2.74. The van der Waals surface area contributed by atoms with Crippen molar-refractivity contribution in [1.29, 1.82) is 0 Å². The van der Waals surface area contributed by atoms with Gasteiger partial charge in [-0.1, -0.05) is 23.7 Å². The van der Waals surface area contributed by atoms with Crippen LogP contribution in [0.5, 0.6) is 0 Å². The van der Waals surface area contributed by atoms with Crippen LogP contribution >= 0.6 is 11.6 Å². The Morgan fingerprint density at radius 1 is 1.10 bits per heavy atom. The number of aromatic carboxylic acids is 1. The first-order chi connectivity index (χ1) is 14.4. The van der Waals surface area contributed by atoms with Crippen LogP contribution in [0.15, 0.2) is 47.4 Å². The molecule has 0 unspecified atom stereocenters. The van der Waals surface area contributed by atoms with Gasteiger partial charge in [-0.05, 0) is 31.2 Å². The quantitative estimate of drug-likeness (QED) is 0.682. The first kappa shape index (κ1) is 20.2. The van der Waals surface area contributed by atoms with Crippen LogP contribution in [0.2, 0.25) is 5.02 Å². The second kappa shape index (κ2) is 7.99. The molecular weight excluding hydrogens is 409 g/mol. The van der Waals surface area contributed by atoms with Crippen LogP contribution in [-0.4, -0.2) is 41.8 Å². The zero-order valence-electron chi connectivity index (χ0n) is 16.4. The number of para-hydroxylation sites is 1. The van der Waals surface area contributed by atoms with E-state index in [4.69, 9.17) is 11.6 Å². The molecule has 8 heteroatoms. The van der Waals surface area contributed by atoms with Crippen molar-refractivity contribution in [3.8, 4) is 0 Å². The third kappa shape index (κ3) is 3.50. The van der Waals surface area contributed by atoms with E-state index in [1.165, 1.54) is 6.20 Å². The average molecular weight is 430 g/mol. The van der Waals surface area contributed by atoms with Crippen molar-refractivity contribution < 1.29 is 14.3 Å². The van der Waals surface area contributed by atoms with Crippen LogP contribution in [0.25, 0.3) is 10.9 Å². The SMILES string of the molecule is CCn1cc(C(=O)O)c(=O)c2cc(F)c(N3CCN(c4ccccc4Cl)CC3)cc21. The number of hydrogen-bond acceptors (Lipinski definition) is 4. The highest BCUT2D eigenvalue weighted by molar-refractivity contribution is 6.33. The smallest absolute Gasteiger partial charge is 0.341 e. The summed E-state index contributed by atoms with van der Waals surface area (Å²) >= 11 is 6.30. The fraction of sp³-hybridized carbons (Fsp3) is 0.273. The Balaban J connectivity index is 1.68. The van der Waals surface area contributed by atoms with Gasteiger partial charge in [0.25, 0.3) is 0 Å². The lowest BCUT2D eigenvalue weighted by Crippen LogP contribution is -2.47. The second-order valence-electron chi connectivity index (χ2n) is 7.21. The topological polar surface area (TPSA) is 65.8 Å². The fourth-order valence-corrected chi connectivity index (χ4v) is 4.21. The molecule has 30 heavy (non-hydrogen) atoms. The predicted molar refractivity (Wildman–Crippen MR) is 117 cm³/mol. The molecule has 0 aliphatic carbocycles. The van der Waals surface area contributed by atoms with Crippen LogP contribution in [-0.2, 0) is 6.54 Å². The molecule has 0 bridgehead atoms.